The molecule has 0 bridgehead atoms. The van der Waals surface area contributed by atoms with Crippen LogP contribution in [0.2, 0.25) is 0 Å². The Labute approximate surface area is 131 Å². The van der Waals surface area contributed by atoms with Gasteiger partial charge < -0.3 is 5.32 Å². The Morgan fingerprint density at radius 3 is 3.05 bits per heavy atom. The van der Waals surface area contributed by atoms with Gasteiger partial charge in [-0.15, -0.1) is 11.3 Å². The standard InChI is InChI=1S/C15H15N5OS/c21-15-19(17-18-20(15)14-5-2-8-22-14)10-12-4-1-3-11-9-16-7-6-13(11)12/h1-5,8,16H,6-7,9-10H2. The Kier molecular flexibility index (Phi) is 3.36. The topological polar surface area (TPSA) is 64.7 Å². The van der Waals surface area contributed by atoms with E-state index in [1.165, 1.54) is 31.8 Å². The van der Waals surface area contributed by atoms with E-state index in [4.69, 9.17) is 0 Å². The summed E-state index contributed by atoms with van der Waals surface area (Å²) in [4.78, 5) is 12.4. The molecule has 3 heterocycles. The van der Waals surface area contributed by atoms with E-state index in [1.54, 1.807) is 0 Å². The van der Waals surface area contributed by atoms with E-state index in [-0.39, 0.29) is 5.69 Å². The quantitative estimate of drug-likeness (QED) is 0.789. The lowest BCUT2D eigenvalue weighted by Crippen LogP contribution is -2.27. The molecule has 1 N–H and O–H groups in total. The van der Waals surface area contributed by atoms with Crippen LogP contribution in [0, 0.1) is 0 Å². The second kappa shape index (κ2) is 5.51. The maximum absolute atomic E-state index is 12.4. The van der Waals surface area contributed by atoms with Crippen LogP contribution < -0.4 is 11.0 Å². The highest BCUT2D eigenvalue weighted by Gasteiger charge is 2.15. The summed E-state index contributed by atoms with van der Waals surface area (Å²) in [6.07, 6.45) is 0.985. The monoisotopic (exact) mass is 313 g/mol. The molecule has 6 nitrogen and oxygen atoms in total. The second-order valence-corrected chi connectivity index (χ2v) is 6.19. The minimum Gasteiger partial charge on any atom is -0.312 e. The van der Waals surface area contributed by atoms with Gasteiger partial charge in [0.2, 0.25) is 0 Å². The molecule has 0 saturated carbocycles. The lowest BCUT2D eigenvalue weighted by atomic mass is 9.95. The number of nitrogens with zero attached hydrogens (tertiary/aromatic N) is 4. The summed E-state index contributed by atoms with van der Waals surface area (Å²) in [5, 5.41) is 14.1. The van der Waals surface area contributed by atoms with Crippen LogP contribution in [0.1, 0.15) is 16.7 Å². The smallest absolute Gasteiger partial charge is 0.312 e. The average molecular weight is 313 g/mol. The van der Waals surface area contributed by atoms with Crippen LogP contribution in [0.15, 0.2) is 40.5 Å². The zero-order valence-electron chi connectivity index (χ0n) is 11.9. The van der Waals surface area contributed by atoms with Crippen LogP contribution in [0.4, 0.5) is 0 Å². The van der Waals surface area contributed by atoms with E-state index in [1.807, 2.05) is 23.6 Å². The van der Waals surface area contributed by atoms with Crippen molar-refractivity contribution < 1.29 is 0 Å². The third-order valence-electron chi connectivity index (χ3n) is 3.91. The minimum atomic E-state index is -0.200. The molecular formula is C15H15N5OS. The van der Waals surface area contributed by atoms with E-state index >= 15 is 0 Å². The molecular weight excluding hydrogens is 298 g/mol. The molecule has 0 amide bonds. The van der Waals surface area contributed by atoms with E-state index in [0.29, 0.717) is 6.54 Å². The van der Waals surface area contributed by atoms with Gasteiger partial charge in [0.25, 0.3) is 0 Å². The third-order valence-corrected chi connectivity index (χ3v) is 4.76. The normalized spacial score (nSPS) is 14.0. The zero-order valence-corrected chi connectivity index (χ0v) is 12.7. The van der Waals surface area contributed by atoms with Crippen molar-refractivity contribution in [3.05, 3.63) is 62.9 Å². The molecule has 1 aliphatic heterocycles. The van der Waals surface area contributed by atoms with Gasteiger partial charge in [-0.25, -0.2) is 4.79 Å². The first-order chi connectivity index (χ1) is 10.8. The number of thiophene rings is 1. The molecule has 0 aliphatic carbocycles. The van der Waals surface area contributed by atoms with Crippen molar-refractivity contribution in [1.29, 1.82) is 0 Å². The summed E-state index contributed by atoms with van der Waals surface area (Å²) >= 11 is 1.47. The van der Waals surface area contributed by atoms with Crippen molar-refractivity contribution in [2.45, 2.75) is 19.5 Å². The minimum absolute atomic E-state index is 0.200. The molecule has 1 aromatic carbocycles. The lowest BCUT2D eigenvalue weighted by molar-refractivity contribution is 0.606. The van der Waals surface area contributed by atoms with Crippen LogP contribution in [0.25, 0.3) is 5.00 Å². The van der Waals surface area contributed by atoms with Gasteiger partial charge in [-0.3, -0.25) is 0 Å². The molecule has 0 atom stereocenters. The third kappa shape index (κ3) is 2.28. The van der Waals surface area contributed by atoms with Gasteiger partial charge in [0.05, 0.1) is 6.54 Å². The zero-order chi connectivity index (χ0) is 14.9. The van der Waals surface area contributed by atoms with Crippen molar-refractivity contribution in [2.75, 3.05) is 6.54 Å². The van der Waals surface area contributed by atoms with Gasteiger partial charge in [-0.05, 0) is 57.6 Å². The highest BCUT2D eigenvalue weighted by Crippen LogP contribution is 2.19. The number of fused-ring (bicyclic) bond motifs is 1. The molecule has 3 aromatic rings. The van der Waals surface area contributed by atoms with E-state index < -0.39 is 0 Å². The largest absolute Gasteiger partial charge is 0.369 e. The number of nitrogens with one attached hydrogen (secondary N) is 1. The summed E-state index contributed by atoms with van der Waals surface area (Å²) < 4.78 is 2.78. The fourth-order valence-electron chi connectivity index (χ4n) is 2.82. The second-order valence-electron chi connectivity index (χ2n) is 5.26. The molecule has 112 valence electrons. The molecule has 0 saturated heterocycles. The predicted molar refractivity (Wildman–Crippen MR) is 84.5 cm³/mol. The SMILES string of the molecule is O=c1n(Cc2cccc3c2CCNC3)nnn1-c1cccs1. The van der Waals surface area contributed by atoms with E-state index in [9.17, 15) is 4.79 Å². The van der Waals surface area contributed by atoms with Gasteiger partial charge in [0.1, 0.15) is 5.00 Å². The van der Waals surface area contributed by atoms with Crippen molar-refractivity contribution in [1.82, 2.24) is 25.1 Å². The summed E-state index contributed by atoms with van der Waals surface area (Å²) in [5.41, 5.74) is 3.59. The first kappa shape index (κ1) is 13.4. The number of aromatic nitrogens is 4. The van der Waals surface area contributed by atoms with Gasteiger partial charge in [0, 0.05) is 6.54 Å². The molecule has 0 unspecified atom stereocenters. The van der Waals surface area contributed by atoms with Crippen molar-refractivity contribution >= 4 is 11.3 Å². The van der Waals surface area contributed by atoms with Crippen LogP contribution in [0.3, 0.4) is 0 Å². The first-order valence-electron chi connectivity index (χ1n) is 7.20. The number of hydrogen-bond donors (Lipinski definition) is 1. The van der Waals surface area contributed by atoms with Gasteiger partial charge in [0.15, 0.2) is 0 Å². The Morgan fingerprint density at radius 1 is 1.23 bits per heavy atom. The first-order valence-corrected chi connectivity index (χ1v) is 8.08. The molecule has 22 heavy (non-hydrogen) atoms. The van der Waals surface area contributed by atoms with Gasteiger partial charge in [-0.2, -0.15) is 9.36 Å². The average Bonchev–Trinajstić information content (AvgIpc) is 3.18. The van der Waals surface area contributed by atoms with Gasteiger partial charge in [-0.1, -0.05) is 18.2 Å². The fourth-order valence-corrected chi connectivity index (χ4v) is 3.49. The molecule has 2 aromatic heterocycles. The number of tetrazole rings is 1. The highest BCUT2D eigenvalue weighted by molar-refractivity contribution is 7.12. The van der Waals surface area contributed by atoms with Crippen LogP contribution in [-0.4, -0.2) is 26.3 Å². The molecule has 7 heteroatoms. The lowest BCUT2D eigenvalue weighted by Gasteiger charge is -2.20. The number of rotatable bonds is 3. The van der Waals surface area contributed by atoms with E-state index in [2.05, 4.69) is 27.9 Å². The maximum Gasteiger partial charge on any atom is 0.369 e. The Morgan fingerprint density at radius 2 is 2.18 bits per heavy atom. The van der Waals surface area contributed by atoms with Crippen LogP contribution in [-0.2, 0) is 19.5 Å². The van der Waals surface area contributed by atoms with Crippen molar-refractivity contribution in [3.63, 3.8) is 0 Å². The Bertz CT molecular complexity index is 849. The van der Waals surface area contributed by atoms with Crippen LogP contribution in [0.5, 0.6) is 0 Å². The molecule has 1 aliphatic rings. The molecule has 4 rings (SSSR count). The molecule has 0 fully saturated rings. The summed E-state index contributed by atoms with van der Waals surface area (Å²) in [6.45, 7) is 2.33. The predicted octanol–water partition coefficient (Wildman–Crippen LogP) is 1.18. The fraction of sp³-hybridized carbons (Fsp3) is 0.267. The molecule has 0 spiro atoms. The summed E-state index contributed by atoms with van der Waals surface area (Å²) in [6, 6.07) is 10.0. The molecule has 0 radical (unpaired) electrons. The van der Waals surface area contributed by atoms with Crippen molar-refractivity contribution in [3.8, 4) is 5.00 Å². The van der Waals surface area contributed by atoms with Crippen molar-refractivity contribution in [2.24, 2.45) is 0 Å². The number of benzene rings is 1. The van der Waals surface area contributed by atoms with Gasteiger partial charge >= 0.3 is 5.69 Å². The number of hydrogen-bond acceptors (Lipinski definition) is 5. The van der Waals surface area contributed by atoms with Crippen LogP contribution >= 0.6 is 11.3 Å². The maximum atomic E-state index is 12.4. The summed E-state index contributed by atoms with van der Waals surface area (Å²) in [7, 11) is 0. The Balaban J connectivity index is 1.69. The Hall–Kier alpha value is -2.25. The highest BCUT2D eigenvalue weighted by atomic mass is 32.1. The summed E-state index contributed by atoms with van der Waals surface area (Å²) in [5.74, 6) is 0. The van der Waals surface area contributed by atoms with E-state index in [0.717, 1.165) is 30.1 Å².